The lowest BCUT2D eigenvalue weighted by Gasteiger charge is -2.07. The van der Waals surface area contributed by atoms with Gasteiger partial charge in [-0.1, -0.05) is 95.4 Å². The van der Waals surface area contributed by atoms with Crippen LogP contribution in [0.25, 0.3) is 0 Å². The molecule has 1 unspecified atom stereocenters. The molecule has 0 saturated heterocycles. The molecule has 0 fully saturated rings. The lowest BCUT2D eigenvalue weighted by molar-refractivity contribution is -0.137. The van der Waals surface area contributed by atoms with E-state index < -0.39 is 5.97 Å². The molecule has 1 atom stereocenters. The summed E-state index contributed by atoms with van der Waals surface area (Å²) in [4.78, 5) is 10.4. The van der Waals surface area contributed by atoms with Crippen LogP contribution < -0.4 is 0 Å². The number of allylic oxidation sites excluding steroid dienone is 3. The minimum absolute atomic E-state index is 0.190. The topological polar surface area (TPSA) is 57.5 Å². The summed E-state index contributed by atoms with van der Waals surface area (Å²) in [5.41, 5.74) is 0. The van der Waals surface area contributed by atoms with E-state index >= 15 is 0 Å². The maximum atomic E-state index is 10.4. The Labute approximate surface area is 161 Å². The van der Waals surface area contributed by atoms with Crippen molar-refractivity contribution in [2.45, 2.75) is 116 Å². The Balaban J connectivity index is 3.29. The Morgan fingerprint density at radius 1 is 0.808 bits per heavy atom. The van der Waals surface area contributed by atoms with Crippen molar-refractivity contribution < 1.29 is 15.0 Å². The fraction of sp³-hybridized carbons (Fsp3) is 0.783. The minimum Gasteiger partial charge on any atom is -0.481 e. The summed E-state index contributed by atoms with van der Waals surface area (Å²) >= 11 is 0. The molecule has 0 aromatic carbocycles. The van der Waals surface area contributed by atoms with Crippen LogP contribution in [-0.2, 0) is 4.79 Å². The van der Waals surface area contributed by atoms with Gasteiger partial charge in [-0.3, -0.25) is 4.79 Å². The first kappa shape index (κ1) is 24.9. The molecule has 0 heterocycles. The van der Waals surface area contributed by atoms with E-state index in [2.05, 4.69) is 31.2 Å². The third-order valence-corrected chi connectivity index (χ3v) is 4.67. The third kappa shape index (κ3) is 21.0. The first-order valence-corrected chi connectivity index (χ1v) is 10.9. The lowest BCUT2D eigenvalue weighted by atomic mass is 10.0. The van der Waals surface area contributed by atoms with Gasteiger partial charge in [-0.2, -0.15) is 0 Å². The second-order valence-electron chi connectivity index (χ2n) is 7.32. The van der Waals surface area contributed by atoms with Crippen molar-refractivity contribution in [2.24, 2.45) is 0 Å². The molecule has 2 N–H and O–H groups in total. The number of carboxylic acid groups (broad SMARTS) is 1. The molecular weight excluding hydrogens is 324 g/mol. The van der Waals surface area contributed by atoms with Gasteiger partial charge in [0, 0.05) is 6.42 Å². The molecule has 0 radical (unpaired) electrons. The molecule has 26 heavy (non-hydrogen) atoms. The van der Waals surface area contributed by atoms with Crippen LogP contribution in [0.4, 0.5) is 0 Å². The summed E-state index contributed by atoms with van der Waals surface area (Å²) in [6, 6.07) is 0. The molecule has 0 bridgehead atoms. The molecule has 0 aliphatic heterocycles. The molecule has 0 aromatic heterocycles. The van der Waals surface area contributed by atoms with Gasteiger partial charge in [-0.15, -0.1) is 0 Å². The second kappa shape index (κ2) is 20.2. The SMILES string of the molecule is CCCCC=CCC=CCC(O)CCCCCCCCCCCC(=O)O. The standard InChI is InChI=1S/C23H42O3/c1-2-3-4-5-6-10-13-16-19-22(24)20-17-14-11-8-7-9-12-15-18-21-23(25)26/h5-6,13,16,22,24H,2-4,7-12,14-15,17-21H2,1H3,(H,25,26). The molecular formula is C23H42O3. The van der Waals surface area contributed by atoms with Gasteiger partial charge in [0.1, 0.15) is 0 Å². The van der Waals surface area contributed by atoms with Crippen LogP contribution in [-0.4, -0.2) is 22.3 Å². The van der Waals surface area contributed by atoms with Gasteiger partial charge in [-0.25, -0.2) is 0 Å². The van der Waals surface area contributed by atoms with Crippen molar-refractivity contribution in [3.8, 4) is 0 Å². The monoisotopic (exact) mass is 366 g/mol. The van der Waals surface area contributed by atoms with Gasteiger partial charge < -0.3 is 10.2 Å². The van der Waals surface area contributed by atoms with Crippen molar-refractivity contribution >= 4 is 5.97 Å². The van der Waals surface area contributed by atoms with Crippen molar-refractivity contribution in [1.82, 2.24) is 0 Å². The second-order valence-corrected chi connectivity index (χ2v) is 7.32. The first-order chi connectivity index (χ1) is 12.7. The predicted molar refractivity (Wildman–Crippen MR) is 111 cm³/mol. The zero-order valence-corrected chi connectivity index (χ0v) is 17.0. The van der Waals surface area contributed by atoms with Crippen LogP contribution in [0.1, 0.15) is 110 Å². The molecule has 0 aliphatic rings. The van der Waals surface area contributed by atoms with Crippen LogP contribution in [0.15, 0.2) is 24.3 Å². The average Bonchev–Trinajstić information content (AvgIpc) is 2.61. The zero-order valence-electron chi connectivity index (χ0n) is 17.0. The number of aliphatic hydroxyl groups excluding tert-OH is 1. The van der Waals surface area contributed by atoms with E-state index in [1.165, 1.54) is 51.4 Å². The third-order valence-electron chi connectivity index (χ3n) is 4.67. The molecule has 0 aromatic rings. The summed E-state index contributed by atoms with van der Waals surface area (Å²) in [6.07, 6.45) is 25.5. The van der Waals surface area contributed by atoms with E-state index in [0.29, 0.717) is 6.42 Å². The molecule has 0 spiro atoms. The highest BCUT2D eigenvalue weighted by molar-refractivity contribution is 5.66. The van der Waals surface area contributed by atoms with Crippen molar-refractivity contribution in [1.29, 1.82) is 0 Å². The summed E-state index contributed by atoms with van der Waals surface area (Å²) in [5.74, 6) is -0.679. The number of hydrogen-bond acceptors (Lipinski definition) is 2. The summed E-state index contributed by atoms with van der Waals surface area (Å²) < 4.78 is 0. The van der Waals surface area contributed by atoms with E-state index in [0.717, 1.165) is 44.9 Å². The number of rotatable bonds is 19. The molecule has 0 amide bonds. The highest BCUT2D eigenvalue weighted by Crippen LogP contribution is 2.13. The van der Waals surface area contributed by atoms with Gasteiger partial charge in [0.2, 0.25) is 0 Å². The van der Waals surface area contributed by atoms with E-state index in [9.17, 15) is 9.90 Å². The normalized spacial score (nSPS) is 13.0. The zero-order chi connectivity index (χ0) is 19.3. The number of unbranched alkanes of at least 4 members (excludes halogenated alkanes) is 10. The molecule has 3 heteroatoms. The number of hydrogen-bond donors (Lipinski definition) is 2. The quantitative estimate of drug-likeness (QED) is 0.195. The van der Waals surface area contributed by atoms with Crippen molar-refractivity contribution in [3.05, 3.63) is 24.3 Å². The smallest absolute Gasteiger partial charge is 0.303 e. The summed E-state index contributed by atoms with van der Waals surface area (Å²) in [6.45, 7) is 2.21. The largest absolute Gasteiger partial charge is 0.481 e. The molecule has 0 aliphatic carbocycles. The lowest BCUT2D eigenvalue weighted by Crippen LogP contribution is -2.04. The highest BCUT2D eigenvalue weighted by Gasteiger charge is 2.01. The van der Waals surface area contributed by atoms with Gasteiger partial charge in [-0.05, 0) is 32.1 Å². The van der Waals surface area contributed by atoms with Crippen LogP contribution in [0.3, 0.4) is 0 Å². The summed E-state index contributed by atoms with van der Waals surface area (Å²) in [5, 5.41) is 18.5. The number of aliphatic carboxylic acids is 1. The number of carbonyl (C=O) groups is 1. The average molecular weight is 367 g/mol. The van der Waals surface area contributed by atoms with E-state index in [4.69, 9.17) is 5.11 Å². The molecule has 152 valence electrons. The minimum atomic E-state index is -0.679. The van der Waals surface area contributed by atoms with E-state index in [-0.39, 0.29) is 6.10 Å². The van der Waals surface area contributed by atoms with Gasteiger partial charge in [0.15, 0.2) is 0 Å². The predicted octanol–water partition coefficient (Wildman–Crippen LogP) is 6.81. The number of aliphatic hydroxyl groups is 1. The Kier molecular flexibility index (Phi) is 19.4. The van der Waals surface area contributed by atoms with Crippen molar-refractivity contribution in [3.63, 3.8) is 0 Å². The van der Waals surface area contributed by atoms with E-state index in [1.807, 2.05) is 0 Å². The highest BCUT2D eigenvalue weighted by atomic mass is 16.4. The van der Waals surface area contributed by atoms with Crippen LogP contribution >= 0.6 is 0 Å². The maximum absolute atomic E-state index is 10.4. The van der Waals surface area contributed by atoms with Gasteiger partial charge >= 0.3 is 5.97 Å². The van der Waals surface area contributed by atoms with Crippen LogP contribution in [0.5, 0.6) is 0 Å². The van der Waals surface area contributed by atoms with E-state index in [1.54, 1.807) is 0 Å². The Hall–Kier alpha value is -1.09. The number of carboxylic acids is 1. The summed E-state index contributed by atoms with van der Waals surface area (Å²) in [7, 11) is 0. The Bertz CT molecular complexity index is 360. The molecule has 3 nitrogen and oxygen atoms in total. The fourth-order valence-corrected chi connectivity index (χ4v) is 2.98. The molecule has 0 rings (SSSR count). The van der Waals surface area contributed by atoms with Crippen LogP contribution in [0, 0.1) is 0 Å². The Morgan fingerprint density at radius 3 is 2.00 bits per heavy atom. The van der Waals surface area contributed by atoms with Crippen molar-refractivity contribution in [2.75, 3.05) is 0 Å². The maximum Gasteiger partial charge on any atom is 0.303 e. The fourth-order valence-electron chi connectivity index (χ4n) is 2.98. The molecule has 0 saturated carbocycles. The van der Waals surface area contributed by atoms with Gasteiger partial charge in [0.05, 0.1) is 6.10 Å². The van der Waals surface area contributed by atoms with Gasteiger partial charge in [0.25, 0.3) is 0 Å². The van der Waals surface area contributed by atoms with Crippen LogP contribution in [0.2, 0.25) is 0 Å². The first-order valence-electron chi connectivity index (χ1n) is 10.9. The Morgan fingerprint density at radius 2 is 1.38 bits per heavy atom.